The van der Waals surface area contributed by atoms with E-state index in [9.17, 15) is 0 Å². The van der Waals surface area contributed by atoms with Gasteiger partial charge in [-0.3, -0.25) is 0 Å². The summed E-state index contributed by atoms with van der Waals surface area (Å²) in [6, 6.07) is 8.30. The van der Waals surface area contributed by atoms with Gasteiger partial charge < -0.3 is 10.5 Å². The zero-order valence-corrected chi connectivity index (χ0v) is 10.4. The molecule has 0 fully saturated rings. The number of benzene rings is 1. The Balaban J connectivity index is 2.16. The zero-order valence-electron chi connectivity index (χ0n) is 10.4. The molecule has 0 radical (unpaired) electrons. The van der Waals surface area contributed by atoms with Crippen molar-refractivity contribution in [1.29, 1.82) is 0 Å². The van der Waals surface area contributed by atoms with Gasteiger partial charge in [-0.1, -0.05) is 38.1 Å². The van der Waals surface area contributed by atoms with Crippen LogP contribution in [0.5, 0.6) is 0 Å². The molecule has 0 atom stereocenters. The summed E-state index contributed by atoms with van der Waals surface area (Å²) in [5.41, 5.74) is 7.93. The molecule has 0 aliphatic heterocycles. The van der Waals surface area contributed by atoms with Crippen LogP contribution in [0, 0.1) is 5.92 Å². The highest BCUT2D eigenvalue weighted by Crippen LogP contribution is 2.07. The van der Waals surface area contributed by atoms with Gasteiger partial charge in [0, 0.05) is 13.2 Å². The number of nitrogens with two attached hydrogens (primary N) is 1. The molecule has 2 N–H and O–H groups in total. The number of hydrogen-bond acceptors (Lipinski definition) is 2. The minimum atomic E-state index is 0.607. The first-order valence-corrected chi connectivity index (χ1v) is 6.08. The summed E-state index contributed by atoms with van der Waals surface area (Å²) >= 11 is 0. The number of rotatable bonds is 7. The van der Waals surface area contributed by atoms with Crippen LogP contribution in [0.25, 0.3) is 0 Å². The molecule has 1 rings (SSSR count). The van der Waals surface area contributed by atoms with Crippen molar-refractivity contribution in [3.05, 3.63) is 35.4 Å². The highest BCUT2D eigenvalue weighted by molar-refractivity contribution is 5.21. The number of hydrogen-bond donors (Lipinski definition) is 1. The van der Waals surface area contributed by atoms with Crippen molar-refractivity contribution >= 4 is 0 Å². The normalized spacial score (nSPS) is 11.0. The Bertz CT molecular complexity index is 279. The van der Waals surface area contributed by atoms with Crippen LogP contribution in [-0.4, -0.2) is 6.61 Å². The van der Waals surface area contributed by atoms with Crippen molar-refractivity contribution in [1.82, 2.24) is 0 Å². The van der Waals surface area contributed by atoms with Crippen LogP contribution in [-0.2, 0) is 17.9 Å². The lowest BCUT2D eigenvalue weighted by atomic mass is 10.1. The minimum Gasteiger partial charge on any atom is -0.377 e. The largest absolute Gasteiger partial charge is 0.377 e. The van der Waals surface area contributed by atoms with Gasteiger partial charge in [0.25, 0.3) is 0 Å². The summed E-state index contributed by atoms with van der Waals surface area (Å²) in [6.07, 6.45) is 2.39. The second kappa shape index (κ2) is 7.42. The molecule has 2 nitrogen and oxygen atoms in total. The average molecular weight is 221 g/mol. The molecule has 0 aromatic heterocycles. The summed E-state index contributed by atoms with van der Waals surface area (Å²) in [5.74, 6) is 0.771. The molecule has 0 saturated heterocycles. The Labute approximate surface area is 98.8 Å². The smallest absolute Gasteiger partial charge is 0.0716 e. The van der Waals surface area contributed by atoms with Crippen molar-refractivity contribution in [3.63, 3.8) is 0 Å². The fourth-order valence-electron chi connectivity index (χ4n) is 1.56. The van der Waals surface area contributed by atoms with Crippen molar-refractivity contribution in [2.45, 2.75) is 39.8 Å². The van der Waals surface area contributed by atoms with Crippen LogP contribution in [0.2, 0.25) is 0 Å². The van der Waals surface area contributed by atoms with E-state index in [0.29, 0.717) is 13.2 Å². The van der Waals surface area contributed by atoms with Crippen molar-refractivity contribution in [3.8, 4) is 0 Å². The SMILES string of the molecule is CC(C)CCCOCc1ccc(CN)cc1. The van der Waals surface area contributed by atoms with Gasteiger partial charge in [0.2, 0.25) is 0 Å². The fourth-order valence-corrected chi connectivity index (χ4v) is 1.56. The van der Waals surface area contributed by atoms with Gasteiger partial charge in [0.05, 0.1) is 6.61 Å². The van der Waals surface area contributed by atoms with Gasteiger partial charge >= 0.3 is 0 Å². The van der Waals surface area contributed by atoms with Crippen LogP contribution < -0.4 is 5.73 Å². The van der Waals surface area contributed by atoms with E-state index in [-0.39, 0.29) is 0 Å². The lowest BCUT2D eigenvalue weighted by molar-refractivity contribution is 0.115. The van der Waals surface area contributed by atoms with Gasteiger partial charge in [0.15, 0.2) is 0 Å². The zero-order chi connectivity index (χ0) is 11.8. The summed E-state index contributed by atoms with van der Waals surface area (Å²) < 4.78 is 5.61. The third kappa shape index (κ3) is 5.29. The molecule has 0 aliphatic rings. The van der Waals surface area contributed by atoms with Gasteiger partial charge in [-0.25, -0.2) is 0 Å². The maximum Gasteiger partial charge on any atom is 0.0716 e. The molecule has 0 saturated carbocycles. The van der Waals surface area contributed by atoms with E-state index >= 15 is 0 Å². The third-order valence-corrected chi connectivity index (χ3v) is 2.60. The Kier molecular flexibility index (Phi) is 6.12. The molecule has 0 spiro atoms. The van der Waals surface area contributed by atoms with Gasteiger partial charge in [-0.05, 0) is 29.9 Å². The van der Waals surface area contributed by atoms with E-state index in [0.717, 1.165) is 18.9 Å². The van der Waals surface area contributed by atoms with E-state index in [4.69, 9.17) is 10.5 Å². The van der Waals surface area contributed by atoms with E-state index in [1.807, 2.05) is 0 Å². The molecule has 1 aromatic carbocycles. The topological polar surface area (TPSA) is 35.2 Å². The molecular formula is C14H23NO. The second-order valence-corrected chi connectivity index (χ2v) is 4.61. The summed E-state index contributed by atoms with van der Waals surface area (Å²) in [6.45, 7) is 6.66. The molecule has 2 heteroatoms. The first-order valence-electron chi connectivity index (χ1n) is 6.08. The van der Waals surface area contributed by atoms with E-state index < -0.39 is 0 Å². The molecule has 16 heavy (non-hydrogen) atoms. The summed E-state index contributed by atoms with van der Waals surface area (Å²) in [5, 5.41) is 0. The quantitative estimate of drug-likeness (QED) is 0.718. The predicted octanol–water partition coefficient (Wildman–Crippen LogP) is 3.10. The van der Waals surface area contributed by atoms with Crippen LogP contribution in [0.3, 0.4) is 0 Å². The summed E-state index contributed by atoms with van der Waals surface area (Å²) in [4.78, 5) is 0. The summed E-state index contributed by atoms with van der Waals surface area (Å²) in [7, 11) is 0. The number of ether oxygens (including phenoxy) is 1. The van der Waals surface area contributed by atoms with Crippen molar-refractivity contribution in [2.75, 3.05) is 6.61 Å². The standard InChI is InChI=1S/C14H23NO/c1-12(2)4-3-9-16-11-14-7-5-13(10-15)6-8-14/h5-8,12H,3-4,9-11,15H2,1-2H3. The van der Waals surface area contributed by atoms with E-state index in [1.54, 1.807) is 0 Å². The van der Waals surface area contributed by atoms with Crippen LogP contribution >= 0.6 is 0 Å². The first kappa shape index (κ1) is 13.2. The molecule has 1 aromatic rings. The average Bonchev–Trinajstić information content (AvgIpc) is 2.29. The van der Waals surface area contributed by atoms with Gasteiger partial charge in [-0.2, -0.15) is 0 Å². The molecule has 0 unspecified atom stereocenters. The highest BCUT2D eigenvalue weighted by atomic mass is 16.5. The molecule has 0 bridgehead atoms. The molecule has 90 valence electrons. The van der Waals surface area contributed by atoms with Crippen LogP contribution in [0.15, 0.2) is 24.3 Å². The van der Waals surface area contributed by atoms with Gasteiger partial charge in [0.1, 0.15) is 0 Å². The highest BCUT2D eigenvalue weighted by Gasteiger charge is 1.96. The Hall–Kier alpha value is -0.860. The van der Waals surface area contributed by atoms with Gasteiger partial charge in [-0.15, -0.1) is 0 Å². The van der Waals surface area contributed by atoms with Crippen LogP contribution in [0.4, 0.5) is 0 Å². The third-order valence-electron chi connectivity index (χ3n) is 2.60. The first-order chi connectivity index (χ1) is 7.72. The molecule has 0 amide bonds. The fraction of sp³-hybridized carbons (Fsp3) is 0.571. The van der Waals surface area contributed by atoms with E-state index in [1.165, 1.54) is 17.5 Å². The molecule has 0 heterocycles. The lowest BCUT2D eigenvalue weighted by Crippen LogP contribution is -1.99. The van der Waals surface area contributed by atoms with Crippen LogP contribution in [0.1, 0.15) is 37.8 Å². The van der Waals surface area contributed by atoms with Crippen molar-refractivity contribution in [2.24, 2.45) is 11.7 Å². The monoisotopic (exact) mass is 221 g/mol. The second-order valence-electron chi connectivity index (χ2n) is 4.61. The maximum atomic E-state index is 5.61. The maximum absolute atomic E-state index is 5.61. The van der Waals surface area contributed by atoms with E-state index in [2.05, 4.69) is 38.1 Å². The Morgan fingerprint density at radius 1 is 1.12 bits per heavy atom. The Morgan fingerprint density at radius 3 is 2.31 bits per heavy atom. The molecule has 0 aliphatic carbocycles. The van der Waals surface area contributed by atoms with Crippen molar-refractivity contribution < 1.29 is 4.74 Å². The minimum absolute atomic E-state index is 0.607. The molecular weight excluding hydrogens is 198 g/mol. The lowest BCUT2D eigenvalue weighted by Gasteiger charge is -2.06. The predicted molar refractivity (Wildman–Crippen MR) is 68.1 cm³/mol. The Morgan fingerprint density at radius 2 is 1.75 bits per heavy atom.